The van der Waals surface area contributed by atoms with Crippen molar-refractivity contribution in [3.8, 4) is 28.6 Å². The summed E-state index contributed by atoms with van der Waals surface area (Å²) in [5.41, 5.74) is 3.02. The lowest BCUT2D eigenvalue weighted by Crippen LogP contribution is -2.44. The van der Waals surface area contributed by atoms with E-state index in [0.717, 1.165) is 0 Å². The number of anilines is 2. The van der Waals surface area contributed by atoms with Gasteiger partial charge in [0, 0.05) is 25.2 Å². The van der Waals surface area contributed by atoms with E-state index in [1.165, 1.54) is 25.3 Å². The molecule has 0 aliphatic carbocycles. The third kappa shape index (κ3) is 4.54. The van der Waals surface area contributed by atoms with Gasteiger partial charge in [-0.25, -0.2) is 0 Å². The molecule has 5 rings (SSSR count). The van der Waals surface area contributed by atoms with E-state index in [2.05, 4.69) is 17.0 Å². The van der Waals surface area contributed by atoms with E-state index in [9.17, 15) is 10.2 Å². The van der Waals surface area contributed by atoms with Gasteiger partial charge >= 0.3 is 0 Å². The molecule has 1 aromatic heterocycles. The van der Waals surface area contributed by atoms with Gasteiger partial charge in [-0.2, -0.15) is 15.0 Å². The molecule has 0 bridgehead atoms. The van der Waals surface area contributed by atoms with Crippen LogP contribution in [-0.4, -0.2) is 78.3 Å². The number of hydrogen-bond donors (Lipinski definition) is 2. The van der Waals surface area contributed by atoms with E-state index in [0.29, 0.717) is 62.6 Å². The molecule has 2 aliphatic rings. The molecule has 0 saturated carbocycles. The van der Waals surface area contributed by atoms with E-state index in [1.54, 1.807) is 12.1 Å². The lowest BCUT2D eigenvalue weighted by Gasteiger charge is -2.36. The van der Waals surface area contributed by atoms with Gasteiger partial charge in [0.1, 0.15) is 0 Å². The summed E-state index contributed by atoms with van der Waals surface area (Å²) in [5, 5.41) is 20.6. The van der Waals surface area contributed by atoms with Crippen molar-refractivity contribution in [2.75, 3.05) is 56.9 Å². The van der Waals surface area contributed by atoms with Crippen molar-refractivity contribution < 1.29 is 24.4 Å². The van der Waals surface area contributed by atoms with Gasteiger partial charge in [0.25, 0.3) is 0 Å². The number of benzene rings is 2. The predicted octanol–water partition coefficient (Wildman–Crippen LogP) is 2.02. The van der Waals surface area contributed by atoms with Crippen molar-refractivity contribution in [1.82, 2.24) is 15.0 Å². The maximum Gasteiger partial charge on any atom is 0.231 e. The number of aromatic hydroxyl groups is 1. The average molecular weight is 480 g/mol. The smallest absolute Gasteiger partial charge is 0.231 e. The first-order chi connectivity index (χ1) is 17.1. The van der Waals surface area contributed by atoms with Crippen LogP contribution >= 0.6 is 0 Å². The molecule has 3 aromatic rings. The Hall–Kier alpha value is -3.63. The fraction of sp³-hybridized carbons (Fsp3) is 0.400. The molecule has 1 unspecified atom stereocenters. The van der Waals surface area contributed by atoms with Crippen LogP contribution in [0.2, 0.25) is 0 Å². The monoisotopic (exact) mass is 479 g/mol. The highest BCUT2D eigenvalue weighted by Crippen LogP contribution is 2.40. The first kappa shape index (κ1) is 23.1. The number of aromatic nitrogens is 3. The van der Waals surface area contributed by atoms with Gasteiger partial charge in [-0.1, -0.05) is 24.3 Å². The largest absolute Gasteiger partial charge is 0.502 e. The fourth-order valence-electron chi connectivity index (χ4n) is 4.52. The minimum absolute atomic E-state index is 0.0247. The van der Waals surface area contributed by atoms with Crippen LogP contribution in [0, 0.1) is 0 Å². The third-order valence-electron chi connectivity index (χ3n) is 6.47. The topological polar surface area (TPSA) is 113 Å². The standard InChI is InChI=1S/C25H29N5O5/c1-33-20-12-18(13-21(34-2)22(20)32)23-26-24(29-7-9-35-10-8-29)28-25(27-23)30-14-17-6-4-3-5-16(17)11-19(30)15-31/h3-6,12-13,19,31-32H,7-11,14-15H2,1-2H3. The summed E-state index contributed by atoms with van der Waals surface area (Å²) in [7, 11) is 2.96. The fourth-order valence-corrected chi connectivity index (χ4v) is 4.52. The number of phenolic OH excluding ortho intramolecular Hbond substituents is 1. The zero-order valence-electron chi connectivity index (χ0n) is 19.8. The first-order valence-electron chi connectivity index (χ1n) is 11.6. The van der Waals surface area contributed by atoms with Crippen LogP contribution in [0.25, 0.3) is 11.4 Å². The molecule has 35 heavy (non-hydrogen) atoms. The lowest BCUT2D eigenvalue weighted by atomic mass is 9.94. The number of phenols is 1. The first-order valence-corrected chi connectivity index (χ1v) is 11.6. The second-order valence-corrected chi connectivity index (χ2v) is 8.52. The van der Waals surface area contributed by atoms with Crippen LogP contribution in [-0.2, 0) is 17.7 Å². The van der Waals surface area contributed by atoms with E-state index >= 15 is 0 Å². The summed E-state index contributed by atoms with van der Waals surface area (Å²) in [5.74, 6) is 1.87. The summed E-state index contributed by atoms with van der Waals surface area (Å²) in [6, 6.07) is 11.4. The molecular weight excluding hydrogens is 450 g/mol. The molecular formula is C25H29N5O5. The maximum absolute atomic E-state index is 10.4. The molecule has 1 atom stereocenters. The van der Waals surface area contributed by atoms with Gasteiger partial charge in [0.15, 0.2) is 17.3 Å². The second kappa shape index (κ2) is 9.93. The van der Waals surface area contributed by atoms with Crippen molar-refractivity contribution in [2.24, 2.45) is 0 Å². The van der Waals surface area contributed by atoms with E-state index in [-0.39, 0.29) is 29.9 Å². The van der Waals surface area contributed by atoms with Crippen LogP contribution < -0.4 is 19.3 Å². The van der Waals surface area contributed by atoms with Crippen LogP contribution in [0.5, 0.6) is 17.2 Å². The Kier molecular flexibility index (Phi) is 6.56. The average Bonchev–Trinajstić information content (AvgIpc) is 2.92. The Bertz CT molecular complexity index is 1180. The van der Waals surface area contributed by atoms with Crippen molar-refractivity contribution in [3.05, 3.63) is 47.5 Å². The Labute approximate surface area is 203 Å². The summed E-state index contributed by atoms with van der Waals surface area (Å²) < 4.78 is 16.2. The Morgan fingerprint density at radius 2 is 1.63 bits per heavy atom. The van der Waals surface area contributed by atoms with Crippen molar-refractivity contribution >= 4 is 11.9 Å². The van der Waals surface area contributed by atoms with Gasteiger partial charge < -0.3 is 34.2 Å². The van der Waals surface area contributed by atoms with Gasteiger partial charge in [-0.3, -0.25) is 0 Å². The number of ether oxygens (including phenoxy) is 3. The molecule has 2 aliphatic heterocycles. The van der Waals surface area contributed by atoms with Gasteiger partial charge in [-0.05, 0) is 29.7 Å². The predicted molar refractivity (Wildman–Crippen MR) is 130 cm³/mol. The third-order valence-corrected chi connectivity index (χ3v) is 6.47. The summed E-state index contributed by atoms with van der Waals surface area (Å²) in [6.45, 7) is 3.06. The zero-order valence-corrected chi connectivity index (χ0v) is 19.8. The van der Waals surface area contributed by atoms with Crippen LogP contribution in [0.1, 0.15) is 11.1 Å². The summed E-state index contributed by atoms with van der Waals surface area (Å²) in [4.78, 5) is 18.5. The van der Waals surface area contributed by atoms with Crippen molar-refractivity contribution in [1.29, 1.82) is 0 Å². The summed E-state index contributed by atoms with van der Waals surface area (Å²) in [6.07, 6.45) is 0.696. The summed E-state index contributed by atoms with van der Waals surface area (Å²) >= 11 is 0. The number of aliphatic hydroxyl groups excluding tert-OH is 1. The van der Waals surface area contributed by atoms with E-state index < -0.39 is 0 Å². The number of fused-ring (bicyclic) bond motifs is 1. The number of methoxy groups -OCH3 is 2. The molecule has 10 heteroatoms. The highest BCUT2D eigenvalue weighted by molar-refractivity contribution is 5.68. The molecule has 3 heterocycles. The Morgan fingerprint density at radius 1 is 0.971 bits per heavy atom. The number of nitrogens with zero attached hydrogens (tertiary/aromatic N) is 5. The Balaban J connectivity index is 1.62. The quantitative estimate of drug-likeness (QED) is 0.544. The SMILES string of the molecule is COc1cc(-c2nc(N3CCOCC3)nc(N3Cc4ccccc4CC3CO)n2)cc(OC)c1O. The molecule has 0 amide bonds. The van der Waals surface area contributed by atoms with Gasteiger partial charge in [-0.15, -0.1) is 0 Å². The Morgan fingerprint density at radius 3 is 2.29 bits per heavy atom. The van der Waals surface area contributed by atoms with Crippen LogP contribution in [0.3, 0.4) is 0 Å². The van der Waals surface area contributed by atoms with Gasteiger partial charge in [0.2, 0.25) is 17.6 Å². The van der Waals surface area contributed by atoms with Crippen LogP contribution in [0.4, 0.5) is 11.9 Å². The van der Waals surface area contributed by atoms with Gasteiger partial charge in [0.05, 0.1) is 40.1 Å². The highest BCUT2D eigenvalue weighted by Gasteiger charge is 2.29. The highest BCUT2D eigenvalue weighted by atomic mass is 16.5. The number of aliphatic hydroxyl groups is 1. The molecule has 2 aromatic carbocycles. The maximum atomic E-state index is 10.4. The molecule has 10 nitrogen and oxygen atoms in total. The minimum Gasteiger partial charge on any atom is -0.502 e. The van der Waals surface area contributed by atoms with E-state index in [1.807, 2.05) is 17.0 Å². The minimum atomic E-state index is -0.165. The molecule has 0 radical (unpaired) electrons. The molecule has 184 valence electrons. The number of morpholine rings is 1. The number of rotatable bonds is 6. The molecule has 1 saturated heterocycles. The normalized spacial score (nSPS) is 17.7. The molecule has 0 spiro atoms. The van der Waals surface area contributed by atoms with Crippen molar-refractivity contribution in [3.63, 3.8) is 0 Å². The van der Waals surface area contributed by atoms with Crippen LogP contribution in [0.15, 0.2) is 36.4 Å². The number of hydrogen-bond acceptors (Lipinski definition) is 10. The van der Waals surface area contributed by atoms with E-state index in [4.69, 9.17) is 29.2 Å². The molecule has 2 N–H and O–H groups in total. The molecule has 1 fully saturated rings. The van der Waals surface area contributed by atoms with Crippen molar-refractivity contribution in [2.45, 2.75) is 19.0 Å². The second-order valence-electron chi connectivity index (χ2n) is 8.52. The zero-order chi connectivity index (χ0) is 24.4. The lowest BCUT2D eigenvalue weighted by molar-refractivity contribution is 0.122.